The molecule has 1 fully saturated rings. The highest BCUT2D eigenvalue weighted by molar-refractivity contribution is 7.89. The lowest BCUT2D eigenvalue weighted by Gasteiger charge is -2.26. The Balaban J connectivity index is 1.78. The summed E-state index contributed by atoms with van der Waals surface area (Å²) in [5.41, 5.74) is -0.476. The Kier molecular flexibility index (Phi) is 6.44. The summed E-state index contributed by atoms with van der Waals surface area (Å²) >= 11 is 0. The minimum atomic E-state index is -4.81. The normalized spacial score (nSPS) is 16.8. The van der Waals surface area contributed by atoms with Crippen LogP contribution >= 0.6 is 0 Å². The van der Waals surface area contributed by atoms with Crippen LogP contribution in [0.1, 0.15) is 22.0 Å². The molecule has 1 unspecified atom stereocenters. The van der Waals surface area contributed by atoms with Crippen LogP contribution in [0.4, 0.5) is 17.6 Å². The molecule has 1 aliphatic heterocycles. The van der Waals surface area contributed by atoms with Crippen molar-refractivity contribution in [3.8, 4) is 0 Å². The van der Waals surface area contributed by atoms with Crippen molar-refractivity contribution in [3.05, 3.63) is 65.5 Å². The fourth-order valence-corrected chi connectivity index (χ4v) is 4.35. The first-order valence-corrected chi connectivity index (χ1v) is 10.3. The highest BCUT2D eigenvalue weighted by Crippen LogP contribution is 2.33. The van der Waals surface area contributed by atoms with Gasteiger partial charge in [-0.25, -0.2) is 12.8 Å². The summed E-state index contributed by atoms with van der Waals surface area (Å²) in [6.45, 7) is 0.912. The van der Waals surface area contributed by atoms with E-state index in [1.165, 1.54) is 16.4 Å². The standard InChI is InChI=1S/C19H18F4N2O4S/c20-15-5-1-13(2-6-15)17(19(21,22)23)24-18(26)14-3-7-16(8-4-14)30(27,28)25-9-11-29-12-10-25/h1-8,17H,9-12H2,(H,24,26). The molecule has 2 aromatic rings. The maximum Gasteiger partial charge on any atom is 0.412 e. The molecule has 1 N–H and O–H groups in total. The van der Waals surface area contributed by atoms with Crippen molar-refractivity contribution in [2.45, 2.75) is 17.1 Å². The van der Waals surface area contributed by atoms with E-state index in [0.717, 1.165) is 36.4 Å². The third-order valence-corrected chi connectivity index (χ3v) is 6.44. The van der Waals surface area contributed by atoms with Gasteiger partial charge in [-0.3, -0.25) is 4.79 Å². The lowest BCUT2D eigenvalue weighted by Crippen LogP contribution is -2.40. The molecule has 1 amide bonds. The molecule has 1 saturated heterocycles. The number of amides is 1. The molecule has 0 aliphatic carbocycles. The van der Waals surface area contributed by atoms with Crippen molar-refractivity contribution < 1.29 is 35.5 Å². The van der Waals surface area contributed by atoms with Gasteiger partial charge >= 0.3 is 6.18 Å². The van der Waals surface area contributed by atoms with Crippen molar-refractivity contribution in [1.82, 2.24) is 9.62 Å². The van der Waals surface area contributed by atoms with E-state index in [9.17, 15) is 30.8 Å². The minimum Gasteiger partial charge on any atom is -0.379 e. The van der Waals surface area contributed by atoms with Crippen molar-refractivity contribution in [3.63, 3.8) is 0 Å². The third kappa shape index (κ3) is 4.97. The SMILES string of the molecule is O=C(NC(c1ccc(F)cc1)C(F)(F)F)c1ccc(S(=O)(=O)N2CCOCC2)cc1. The van der Waals surface area contributed by atoms with E-state index >= 15 is 0 Å². The number of nitrogens with zero attached hydrogens (tertiary/aromatic N) is 1. The Morgan fingerprint density at radius 2 is 1.57 bits per heavy atom. The Morgan fingerprint density at radius 3 is 2.10 bits per heavy atom. The topological polar surface area (TPSA) is 75.7 Å². The zero-order valence-electron chi connectivity index (χ0n) is 15.5. The molecule has 3 rings (SSSR count). The maximum absolute atomic E-state index is 13.4. The number of halogens is 4. The first-order valence-electron chi connectivity index (χ1n) is 8.90. The van der Waals surface area contributed by atoms with Gasteiger partial charge in [0.2, 0.25) is 10.0 Å². The second kappa shape index (κ2) is 8.70. The van der Waals surface area contributed by atoms with Crippen LogP contribution in [-0.2, 0) is 14.8 Å². The van der Waals surface area contributed by atoms with E-state index in [0.29, 0.717) is 0 Å². The molecule has 0 saturated carbocycles. The highest BCUT2D eigenvalue weighted by atomic mass is 32.2. The van der Waals surface area contributed by atoms with Crippen molar-refractivity contribution in [1.29, 1.82) is 0 Å². The summed E-state index contributed by atoms with van der Waals surface area (Å²) in [6.07, 6.45) is -4.81. The molecule has 0 aromatic heterocycles. The molecular formula is C19H18F4N2O4S. The molecule has 0 radical (unpaired) electrons. The van der Waals surface area contributed by atoms with Crippen LogP contribution in [0.25, 0.3) is 0 Å². The van der Waals surface area contributed by atoms with E-state index in [1.807, 2.05) is 5.32 Å². The first-order chi connectivity index (χ1) is 14.1. The Labute approximate surface area is 170 Å². The summed E-state index contributed by atoms with van der Waals surface area (Å²) in [7, 11) is -3.79. The van der Waals surface area contributed by atoms with E-state index in [-0.39, 0.29) is 42.3 Å². The number of hydrogen-bond donors (Lipinski definition) is 1. The van der Waals surface area contributed by atoms with E-state index in [2.05, 4.69) is 0 Å². The van der Waals surface area contributed by atoms with Crippen LogP contribution in [0.5, 0.6) is 0 Å². The van der Waals surface area contributed by atoms with Crippen LogP contribution in [0.3, 0.4) is 0 Å². The van der Waals surface area contributed by atoms with Gasteiger partial charge in [0.05, 0.1) is 18.1 Å². The van der Waals surface area contributed by atoms with E-state index in [1.54, 1.807) is 0 Å². The third-order valence-electron chi connectivity index (χ3n) is 4.53. The number of morpholine rings is 1. The van der Waals surface area contributed by atoms with Crippen LogP contribution in [0, 0.1) is 5.82 Å². The Morgan fingerprint density at radius 1 is 1.00 bits per heavy atom. The highest BCUT2D eigenvalue weighted by Gasteiger charge is 2.42. The average Bonchev–Trinajstić information content (AvgIpc) is 2.72. The molecule has 1 atom stereocenters. The van der Waals surface area contributed by atoms with Crippen molar-refractivity contribution >= 4 is 15.9 Å². The van der Waals surface area contributed by atoms with Crippen molar-refractivity contribution in [2.24, 2.45) is 0 Å². The monoisotopic (exact) mass is 446 g/mol. The van der Waals surface area contributed by atoms with Gasteiger partial charge in [0.15, 0.2) is 6.04 Å². The van der Waals surface area contributed by atoms with Gasteiger partial charge in [0.1, 0.15) is 5.82 Å². The molecule has 2 aromatic carbocycles. The largest absolute Gasteiger partial charge is 0.412 e. The average molecular weight is 446 g/mol. The molecule has 1 aliphatic rings. The zero-order chi connectivity index (χ0) is 21.9. The number of carbonyl (C=O) groups is 1. The number of nitrogens with one attached hydrogen (secondary N) is 1. The predicted molar refractivity (Wildman–Crippen MR) is 98.7 cm³/mol. The lowest BCUT2D eigenvalue weighted by molar-refractivity contribution is -0.155. The fraction of sp³-hybridized carbons (Fsp3) is 0.316. The molecule has 11 heteroatoms. The summed E-state index contributed by atoms with van der Waals surface area (Å²) in [5.74, 6) is -1.75. The van der Waals surface area contributed by atoms with Gasteiger partial charge in [0, 0.05) is 18.7 Å². The quantitative estimate of drug-likeness (QED) is 0.717. The molecule has 30 heavy (non-hydrogen) atoms. The van der Waals surface area contributed by atoms with Gasteiger partial charge in [-0.05, 0) is 42.0 Å². The number of sulfonamides is 1. The van der Waals surface area contributed by atoms with Crippen LogP contribution in [0.15, 0.2) is 53.4 Å². The number of rotatable bonds is 5. The lowest BCUT2D eigenvalue weighted by atomic mass is 10.1. The number of carbonyl (C=O) groups excluding carboxylic acids is 1. The van der Waals surface area contributed by atoms with Gasteiger partial charge in [-0.2, -0.15) is 17.5 Å². The number of alkyl halides is 3. The molecule has 1 heterocycles. The molecule has 0 spiro atoms. The molecule has 6 nitrogen and oxygen atoms in total. The van der Waals surface area contributed by atoms with Gasteiger partial charge in [0.25, 0.3) is 5.91 Å². The first kappa shape index (κ1) is 22.2. The number of benzene rings is 2. The summed E-state index contributed by atoms with van der Waals surface area (Å²) in [5, 5.41) is 1.87. The van der Waals surface area contributed by atoms with Crippen LogP contribution in [0.2, 0.25) is 0 Å². The number of hydrogen-bond acceptors (Lipinski definition) is 4. The Bertz CT molecular complexity index is 987. The summed E-state index contributed by atoms with van der Waals surface area (Å²) < 4.78 is 84.7. The predicted octanol–water partition coefficient (Wildman–Crippen LogP) is 2.88. The van der Waals surface area contributed by atoms with E-state index in [4.69, 9.17) is 4.74 Å². The minimum absolute atomic E-state index is 0.0770. The fourth-order valence-electron chi connectivity index (χ4n) is 2.94. The molecule has 0 bridgehead atoms. The second-order valence-corrected chi connectivity index (χ2v) is 8.48. The van der Waals surface area contributed by atoms with Crippen LogP contribution in [-0.4, -0.2) is 51.1 Å². The Hall–Kier alpha value is -2.50. The van der Waals surface area contributed by atoms with Gasteiger partial charge in [-0.1, -0.05) is 12.1 Å². The molecule has 162 valence electrons. The maximum atomic E-state index is 13.4. The summed E-state index contributed by atoms with van der Waals surface area (Å²) in [4.78, 5) is 12.3. The van der Waals surface area contributed by atoms with E-state index < -0.39 is 34.0 Å². The van der Waals surface area contributed by atoms with Crippen molar-refractivity contribution in [2.75, 3.05) is 26.3 Å². The van der Waals surface area contributed by atoms with Gasteiger partial charge in [-0.15, -0.1) is 0 Å². The second-order valence-electron chi connectivity index (χ2n) is 6.54. The summed E-state index contributed by atoms with van der Waals surface area (Å²) in [6, 6.07) is 5.87. The van der Waals surface area contributed by atoms with Gasteiger partial charge < -0.3 is 10.1 Å². The smallest absolute Gasteiger partial charge is 0.379 e. The van der Waals surface area contributed by atoms with Crippen LogP contribution < -0.4 is 5.32 Å². The number of ether oxygens (including phenoxy) is 1. The molecular weight excluding hydrogens is 428 g/mol. The zero-order valence-corrected chi connectivity index (χ0v) is 16.3.